The lowest BCUT2D eigenvalue weighted by atomic mass is 9.65. The van der Waals surface area contributed by atoms with Crippen molar-refractivity contribution in [1.82, 2.24) is 0 Å². The van der Waals surface area contributed by atoms with Gasteiger partial charge < -0.3 is 19.7 Å². The topological polar surface area (TPSA) is 162 Å². The lowest BCUT2D eigenvalue weighted by Crippen LogP contribution is -2.54. The quantitative estimate of drug-likeness (QED) is 0.327. The van der Waals surface area contributed by atoms with Crippen LogP contribution >= 0.6 is 0 Å². The molecule has 2 saturated carbocycles. The fraction of sp³-hybridized carbons (Fsp3) is 0.480. The van der Waals surface area contributed by atoms with Gasteiger partial charge >= 0.3 is 6.16 Å². The number of aliphatic hydroxyl groups excluding tert-OH is 1. The van der Waals surface area contributed by atoms with Gasteiger partial charge in [0.1, 0.15) is 11.7 Å². The molecule has 2 aromatic carbocycles. The van der Waals surface area contributed by atoms with Gasteiger partial charge in [-0.3, -0.25) is 20.2 Å². The number of rotatable bonds is 6. The highest BCUT2D eigenvalue weighted by atomic mass is 16.7. The zero-order valence-electron chi connectivity index (χ0n) is 19.6. The van der Waals surface area contributed by atoms with E-state index < -0.39 is 39.4 Å². The molecule has 2 aliphatic rings. The molecule has 0 radical (unpaired) electrons. The van der Waals surface area contributed by atoms with Gasteiger partial charge in [0.15, 0.2) is 5.60 Å². The average molecular weight is 501 g/mol. The van der Waals surface area contributed by atoms with Crippen molar-refractivity contribution in [2.45, 2.75) is 74.8 Å². The summed E-state index contributed by atoms with van der Waals surface area (Å²) in [5, 5.41) is 44.7. The second-order valence-electron chi connectivity index (χ2n) is 9.36. The molecule has 4 rings (SSSR count). The maximum absolute atomic E-state index is 13.1. The van der Waals surface area contributed by atoms with Crippen LogP contribution in [-0.2, 0) is 20.7 Å². The molecule has 4 unspecified atom stereocenters. The molecule has 0 bridgehead atoms. The Kier molecular flexibility index (Phi) is 7.23. The number of carbonyl (C=O) groups excluding carboxylic acids is 1. The Balaban J connectivity index is 1.76. The second-order valence-corrected chi connectivity index (χ2v) is 9.36. The van der Waals surface area contributed by atoms with E-state index in [2.05, 4.69) is 0 Å². The molecule has 2 fully saturated rings. The molecule has 0 saturated heterocycles. The largest absolute Gasteiger partial charge is 0.509 e. The van der Waals surface area contributed by atoms with Crippen molar-refractivity contribution in [2.75, 3.05) is 0 Å². The lowest BCUT2D eigenvalue weighted by Gasteiger charge is -2.49. The fourth-order valence-electron chi connectivity index (χ4n) is 5.33. The average Bonchev–Trinajstić information content (AvgIpc) is 2.87. The van der Waals surface area contributed by atoms with Crippen LogP contribution in [0.3, 0.4) is 0 Å². The highest BCUT2D eigenvalue weighted by Gasteiger charge is 2.58. The van der Waals surface area contributed by atoms with Gasteiger partial charge in [-0.25, -0.2) is 4.79 Å². The van der Waals surface area contributed by atoms with E-state index >= 15 is 0 Å². The number of ether oxygens (including phenoxy) is 2. The van der Waals surface area contributed by atoms with E-state index in [1.807, 2.05) is 0 Å². The number of nitro benzene ring substituents is 2. The molecule has 0 amide bonds. The summed E-state index contributed by atoms with van der Waals surface area (Å²) in [7, 11) is 0. The number of aliphatic hydroxyl groups is 2. The van der Waals surface area contributed by atoms with Crippen LogP contribution in [0.5, 0.6) is 0 Å². The first kappa shape index (κ1) is 25.5. The molecule has 192 valence electrons. The molecule has 11 heteroatoms. The standard InChI is InChI=1S/C25H28N2O9/c28-21-5-1-2-6-22(21)35-23(29)36-25(18-9-13-20(14-10-18)27(33)34)16-4-3-15-24(25,30)17-7-11-19(12-8-17)26(31)32/h7-14,21-22,28,30H,1-6,15-16H2. The first-order valence-electron chi connectivity index (χ1n) is 12.0. The van der Waals surface area contributed by atoms with E-state index in [0.29, 0.717) is 36.8 Å². The maximum Gasteiger partial charge on any atom is 0.509 e. The third kappa shape index (κ3) is 4.76. The fourth-order valence-corrected chi connectivity index (χ4v) is 5.33. The van der Waals surface area contributed by atoms with E-state index in [1.165, 1.54) is 48.5 Å². The van der Waals surface area contributed by atoms with E-state index in [-0.39, 0.29) is 24.2 Å². The molecule has 0 aliphatic heterocycles. The summed E-state index contributed by atoms with van der Waals surface area (Å²) in [6.07, 6.45) is 1.47. The first-order valence-corrected chi connectivity index (χ1v) is 12.0. The summed E-state index contributed by atoms with van der Waals surface area (Å²) in [5.74, 6) is 0. The van der Waals surface area contributed by atoms with Crippen molar-refractivity contribution in [3.63, 3.8) is 0 Å². The molecule has 2 N–H and O–H groups in total. The van der Waals surface area contributed by atoms with Gasteiger partial charge in [-0.05, 0) is 80.3 Å². The first-order chi connectivity index (χ1) is 17.2. The maximum atomic E-state index is 13.1. The zero-order chi connectivity index (χ0) is 25.9. The van der Waals surface area contributed by atoms with E-state index in [4.69, 9.17) is 9.47 Å². The van der Waals surface area contributed by atoms with Gasteiger partial charge in [0.25, 0.3) is 11.4 Å². The summed E-state index contributed by atoms with van der Waals surface area (Å²) in [5.41, 5.74) is -3.19. The van der Waals surface area contributed by atoms with E-state index in [0.717, 1.165) is 12.8 Å². The van der Waals surface area contributed by atoms with Crippen LogP contribution in [0, 0.1) is 20.2 Å². The third-order valence-corrected chi connectivity index (χ3v) is 7.26. The predicted molar refractivity (Wildman–Crippen MR) is 126 cm³/mol. The Morgan fingerprint density at radius 3 is 1.92 bits per heavy atom. The minimum atomic E-state index is -1.80. The van der Waals surface area contributed by atoms with Crippen LogP contribution < -0.4 is 0 Å². The molecular weight excluding hydrogens is 472 g/mol. The Labute approximate surface area is 207 Å². The Hall–Kier alpha value is -3.57. The number of hydrogen-bond donors (Lipinski definition) is 2. The highest BCUT2D eigenvalue weighted by molar-refractivity contribution is 5.62. The van der Waals surface area contributed by atoms with Gasteiger partial charge in [0.2, 0.25) is 0 Å². The molecule has 2 aromatic rings. The molecule has 36 heavy (non-hydrogen) atoms. The van der Waals surface area contributed by atoms with Crippen LogP contribution in [0.2, 0.25) is 0 Å². The number of non-ortho nitro benzene ring substituents is 2. The molecule has 0 spiro atoms. The van der Waals surface area contributed by atoms with Crippen LogP contribution in [0.1, 0.15) is 62.5 Å². The van der Waals surface area contributed by atoms with Crippen LogP contribution in [0.25, 0.3) is 0 Å². The van der Waals surface area contributed by atoms with Crippen LogP contribution in [0.4, 0.5) is 16.2 Å². The number of benzene rings is 2. The molecule has 0 aromatic heterocycles. The number of nitro groups is 2. The minimum Gasteiger partial charge on any atom is -0.428 e. The summed E-state index contributed by atoms with van der Waals surface area (Å²) < 4.78 is 11.4. The van der Waals surface area contributed by atoms with Crippen LogP contribution in [-0.4, -0.2) is 38.4 Å². The monoisotopic (exact) mass is 500 g/mol. The van der Waals surface area contributed by atoms with Crippen molar-refractivity contribution in [1.29, 1.82) is 0 Å². The smallest absolute Gasteiger partial charge is 0.428 e. The van der Waals surface area contributed by atoms with E-state index in [1.54, 1.807) is 0 Å². The van der Waals surface area contributed by atoms with Crippen molar-refractivity contribution >= 4 is 17.5 Å². The van der Waals surface area contributed by atoms with Crippen molar-refractivity contribution in [3.8, 4) is 0 Å². The zero-order valence-corrected chi connectivity index (χ0v) is 19.6. The SMILES string of the molecule is O=C(OC1CCCCC1O)OC1(c2ccc([N+](=O)[O-])cc2)CCCCC1(O)c1ccc([N+](=O)[O-])cc1. The number of carbonyl (C=O) groups is 1. The Bertz CT molecular complexity index is 1120. The van der Waals surface area contributed by atoms with Gasteiger partial charge in [-0.1, -0.05) is 6.42 Å². The van der Waals surface area contributed by atoms with Gasteiger partial charge in [-0.2, -0.15) is 0 Å². The summed E-state index contributed by atoms with van der Waals surface area (Å²) >= 11 is 0. The summed E-state index contributed by atoms with van der Waals surface area (Å²) in [6.45, 7) is 0. The Morgan fingerprint density at radius 2 is 1.36 bits per heavy atom. The van der Waals surface area contributed by atoms with Crippen molar-refractivity contribution in [2.24, 2.45) is 0 Å². The number of nitrogens with zero attached hydrogens (tertiary/aromatic N) is 2. The summed E-state index contributed by atoms with van der Waals surface area (Å²) in [6, 6.07) is 10.8. The van der Waals surface area contributed by atoms with Gasteiger partial charge in [0, 0.05) is 24.3 Å². The van der Waals surface area contributed by atoms with E-state index in [9.17, 15) is 35.2 Å². The predicted octanol–water partition coefficient (Wildman–Crippen LogP) is 4.62. The third-order valence-electron chi connectivity index (χ3n) is 7.26. The van der Waals surface area contributed by atoms with Gasteiger partial charge in [0.05, 0.1) is 16.0 Å². The van der Waals surface area contributed by atoms with Crippen molar-refractivity contribution in [3.05, 3.63) is 79.9 Å². The minimum absolute atomic E-state index is 0.161. The molecule has 0 heterocycles. The van der Waals surface area contributed by atoms with Crippen LogP contribution in [0.15, 0.2) is 48.5 Å². The second kappa shape index (κ2) is 10.2. The normalized spacial score (nSPS) is 28.2. The summed E-state index contributed by atoms with van der Waals surface area (Å²) in [4.78, 5) is 34.3. The number of hydrogen-bond acceptors (Lipinski definition) is 9. The molecule has 4 atom stereocenters. The molecular formula is C25H28N2O9. The lowest BCUT2D eigenvalue weighted by molar-refractivity contribution is -0.385. The van der Waals surface area contributed by atoms with Crippen molar-refractivity contribution < 1.29 is 34.3 Å². The molecule has 11 nitrogen and oxygen atoms in total. The molecule has 2 aliphatic carbocycles. The van der Waals surface area contributed by atoms with Gasteiger partial charge in [-0.15, -0.1) is 0 Å². The highest BCUT2D eigenvalue weighted by Crippen LogP contribution is 2.53. The Morgan fingerprint density at radius 1 is 0.833 bits per heavy atom.